The molecule has 0 saturated carbocycles. The summed E-state index contributed by atoms with van der Waals surface area (Å²) in [7, 11) is 0. The molecule has 0 aliphatic heterocycles. The molecule has 0 aliphatic carbocycles. The standard InChI is InChI=1S/C8H4Cl2N2/c9-7-4-11-3-6-5(7)1-2-12-8(6)10/h1-4H. The van der Waals surface area contributed by atoms with Gasteiger partial charge in [-0.15, -0.1) is 0 Å². The Balaban J connectivity index is 2.94. The number of nitrogens with zero attached hydrogens (tertiary/aromatic N) is 2. The van der Waals surface area contributed by atoms with Gasteiger partial charge in [-0.25, -0.2) is 4.98 Å². The van der Waals surface area contributed by atoms with Gasteiger partial charge < -0.3 is 0 Å². The minimum absolute atomic E-state index is 0.433. The molecule has 2 aromatic heterocycles. The van der Waals surface area contributed by atoms with Crippen LogP contribution in [0.25, 0.3) is 10.8 Å². The summed E-state index contributed by atoms with van der Waals surface area (Å²) >= 11 is 11.7. The molecule has 0 unspecified atom stereocenters. The van der Waals surface area contributed by atoms with Crippen molar-refractivity contribution in [1.82, 2.24) is 9.97 Å². The molecule has 0 fully saturated rings. The van der Waals surface area contributed by atoms with Crippen molar-refractivity contribution in [2.45, 2.75) is 0 Å². The van der Waals surface area contributed by atoms with E-state index in [1.807, 2.05) is 6.07 Å². The molecular weight excluding hydrogens is 195 g/mol. The molecule has 0 amide bonds. The van der Waals surface area contributed by atoms with Crippen LogP contribution in [0.3, 0.4) is 0 Å². The average Bonchev–Trinajstić information content (AvgIpc) is 2.07. The van der Waals surface area contributed by atoms with E-state index >= 15 is 0 Å². The minimum atomic E-state index is 0.433. The molecule has 0 N–H and O–H groups in total. The van der Waals surface area contributed by atoms with E-state index in [1.54, 1.807) is 18.6 Å². The quantitative estimate of drug-likeness (QED) is 0.609. The average molecular weight is 199 g/mol. The van der Waals surface area contributed by atoms with Gasteiger partial charge in [-0.1, -0.05) is 23.2 Å². The smallest absolute Gasteiger partial charge is 0.138 e. The van der Waals surface area contributed by atoms with Crippen LogP contribution in [0.2, 0.25) is 10.2 Å². The molecule has 0 saturated heterocycles. The highest BCUT2D eigenvalue weighted by molar-refractivity contribution is 6.38. The predicted molar refractivity (Wildman–Crippen MR) is 49.6 cm³/mol. The zero-order chi connectivity index (χ0) is 8.55. The Morgan fingerprint density at radius 2 is 1.92 bits per heavy atom. The lowest BCUT2D eigenvalue weighted by Crippen LogP contribution is -1.81. The summed E-state index contributed by atoms with van der Waals surface area (Å²) in [4.78, 5) is 7.83. The fourth-order valence-electron chi connectivity index (χ4n) is 1.03. The van der Waals surface area contributed by atoms with Gasteiger partial charge in [-0.05, 0) is 6.07 Å². The van der Waals surface area contributed by atoms with Crippen molar-refractivity contribution < 1.29 is 0 Å². The van der Waals surface area contributed by atoms with Crippen molar-refractivity contribution in [1.29, 1.82) is 0 Å². The Hall–Kier alpha value is -0.860. The monoisotopic (exact) mass is 198 g/mol. The Kier molecular flexibility index (Phi) is 1.87. The molecule has 2 heterocycles. The zero-order valence-corrected chi connectivity index (χ0v) is 7.47. The summed E-state index contributed by atoms with van der Waals surface area (Å²) in [5.74, 6) is 0. The van der Waals surface area contributed by atoms with Crippen LogP contribution in [-0.2, 0) is 0 Å². The van der Waals surface area contributed by atoms with Crippen molar-refractivity contribution in [3.05, 3.63) is 34.8 Å². The molecule has 0 spiro atoms. The van der Waals surface area contributed by atoms with Gasteiger partial charge in [-0.2, -0.15) is 0 Å². The van der Waals surface area contributed by atoms with E-state index in [-0.39, 0.29) is 0 Å². The van der Waals surface area contributed by atoms with E-state index in [4.69, 9.17) is 23.2 Å². The van der Waals surface area contributed by atoms with Crippen molar-refractivity contribution in [2.75, 3.05) is 0 Å². The van der Waals surface area contributed by atoms with Crippen molar-refractivity contribution in [2.24, 2.45) is 0 Å². The molecule has 0 bridgehead atoms. The first kappa shape index (κ1) is 7.77. The highest BCUT2D eigenvalue weighted by Crippen LogP contribution is 2.25. The molecule has 2 aromatic rings. The van der Waals surface area contributed by atoms with E-state index in [0.29, 0.717) is 10.2 Å². The normalized spacial score (nSPS) is 10.5. The van der Waals surface area contributed by atoms with Gasteiger partial charge in [0, 0.05) is 29.4 Å². The topological polar surface area (TPSA) is 25.8 Å². The number of fused-ring (bicyclic) bond motifs is 1. The van der Waals surface area contributed by atoms with E-state index in [0.717, 1.165) is 10.8 Å². The Morgan fingerprint density at radius 3 is 2.67 bits per heavy atom. The van der Waals surface area contributed by atoms with Crippen molar-refractivity contribution in [3.63, 3.8) is 0 Å². The maximum atomic E-state index is 5.88. The number of aromatic nitrogens is 2. The van der Waals surface area contributed by atoms with Crippen molar-refractivity contribution in [3.8, 4) is 0 Å². The number of pyridine rings is 2. The van der Waals surface area contributed by atoms with Crippen molar-refractivity contribution >= 4 is 34.0 Å². The lowest BCUT2D eigenvalue weighted by Gasteiger charge is -1.99. The van der Waals surface area contributed by atoms with Gasteiger partial charge in [0.2, 0.25) is 0 Å². The summed E-state index contributed by atoms with van der Waals surface area (Å²) in [6.07, 6.45) is 4.85. The maximum Gasteiger partial charge on any atom is 0.138 e. The molecule has 0 aliphatic rings. The second-order valence-electron chi connectivity index (χ2n) is 2.32. The third-order valence-corrected chi connectivity index (χ3v) is 2.19. The third-order valence-electron chi connectivity index (χ3n) is 1.59. The second kappa shape index (κ2) is 2.88. The van der Waals surface area contributed by atoms with Crippen LogP contribution in [-0.4, -0.2) is 9.97 Å². The van der Waals surface area contributed by atoms with Crippen LogP contribution < -0.4 is 0 Å². The molecule has 0 aromatic carbocycles. The fraction of sp³-hybridized carbons (Fsp3) is 0. The number of hydrogen-bond donors (Lipinski definition) is 0. The van der Waals surface area contributed by atoms with Gasteiger partial charge in [0.1, 0.15) is 5.15 Å². The lowest BCUT2D eigenvalue weighted by molar-refractivity contribution is 1.32. The highest BCUT2D eigenvalue weighted by atomic mass is 35.5. The Morgan fingerprint density at radius 1 is 1.08 bits per heavy atom. The SMILES string of the molecule is Clc1cncc2c(Cl)nccc12. The molecule has 60 valence electrons. The van der Waals surface area contributed by atoms with Crippen LogP contribution in [0.1, 0.15) is 0 Å². The van der Waals surface area contributed by atoms with Crippen LogP contribution in [0.4, 0.5) is 0 Å². The van der Waals surface area contributed by atoms with E-state index in [1.165, 1.54) is 0 Å². The molecule has 0 radical (unpaired) electrons. The second-order valence-corrected chi connectivity index (χ2v) is 3.08. The lowest BCUT2D eigenvalue weighted by atomic mass is 10.2. The van der Waals surface area contributed by atoms with Crippen LogP contribution >= 0.6 is 23.2 Å². The molecule has 12 heavy (non-hydrogen) atoms. The summed E-state index contributed by atoms with van der Waals surface area (Å²) < 4.78 is 0. The van der Waals surface area contributed by atoms with Gasteiger partial charge in [0.15, 0.2) is 0 Å². The minimum Gasteiger partial charge on any atom is -0.262 e. The zero-order valence-electron chi connectivity index (χ0n) is 5.96. The third kappa shape index (κ3) is 1.13. The van der Waals surface area contributed by atoms with E-state index < -0.39 is 0 Å². The Labute approximate surface area is 79.2 Å². The van der Waals surface area contributed by atoms with Crippen LogP contribution in [0, 0.1) is 0 Å². The van der Waals surface area contributed by atoms with Gasteiger partial charge in [-0.3, -0.25) is 4.98 Å². The molecule has 0 atom stereocenters. The molecular formula is C8H4Cl2N2. The molecule has 2 nitrogen and oxygen atoms in total. The predicted octanol–water partition coefficient (Wildman–Crippen LogP) is 2.94. The number of rotatable bonds is 0. The van der Waals surface area contributed by atoms with Gasteiger partial charge in [0.25, 0.3) is 0 Å². The Bertz CT molecular complexity index is 387. The van der Waals surface area contributed by atoms with Gasteiger partial charge in [0.05, 0.1) is 5.02 Å². The first-order chi connectivity index (χ1) is 5.79. The number of halogens is 2. The van der Waals surface area contributed by atoms with Crippen LogP contribution in [0.15, 0.2) is 24.7 Å². The molecule has 4 heteroatoms. The maximum absolute atomic E-state index is 5.88. The van der Waals surface area contributed by atoms with E-state index in [9.17, 15) is 0 Å². The van der Waals surface area contributed by atoms with Gasteiger partial charge >= 0.3 is 0 Å². The summed E-state index contributed by atoms with van der Waals surface area (Å²) in [5, 5.41) is 2.69. The first-order valence-electron chi connectivity index (χ1n) is 3.33. The number of hydrogen-bond acceptors (Lipinski definition) is 2. The fourth-order valence-corrected chi connectivity index (χ4v) is 1.45. The largest absolute Gasteiger partial charge is 0.262 e. The van der Waals surface area contributed by atoms with Crippen LogP contribution in [0.5, 0.6) is 0 Å². The van der Waals surface area contributed by atoms with E-state index in [2.05, 4.69) is 9.97 Å². The first-order valence-corrected chi connectivity index (χ1v) is 4.08. The molecule has 2 rings (SSSR count). The highest BCUT2D eigenvalue weighted by Gasteiger charge is 2.02. The summed E-state index contributed by atoms with van der Waals surface area (Å²) in [6.45, 7) is 0. The summed E-state index contributed by atoms with van der Waals surface area (Å²) in [6, 6.07) is 1.81. The summed E-state index contributed by atoms with van der Waals surface area (Å²) in [5.41, 5.74) is 0.